The molecule has 1 heterocycles. The summed E-state index contributed by atoms with van der Waals surface area (Å²) in [6.45, 7) is 4.83. The van der Waals surface area contributed by atoms with Gasteiger partial charge >= 0.3 is 5.97 Å². The molecular formula is C16H21NO4. The average Bonchev–Trinajstić information content (AvgIpc) is 2.45. The molecule has 0 bridgehead atoms. The number of amides is 1. The molecule has 1 amide bonds. The third kappa shape index (κ3) is 3.42. The number of carboxylic acid groups (broad SMARTS) is 1. The summed E-state index contributed by atoms with van der Waals surface area (Å²) in [6, 6.07) is 5.59. The van der Waals surface area contributed by atoms with Crippen molar-refractivity contribution in [3.63, 3.8) is 0 Å². The van der Waals surface area contributed by atoms with E-state index in [4.69, 9.17) is 4.74 Å². The van der Waals surface area contributed by atoms with E-state index in [-0.39, 0.29) is 12.5 Å². The van der Waals surface area contributed by atoms with Gasteiger partial charge in [-0.2, -0.15) is 0 Å². The fourth-order valence-electron chi connectivity index (χ4n) is 2.64. The highest BCUT2D eigenvalue weighted by Gasteiger charge is 2.40. The third-order valence-electron chi connectivity index (χ3n) is 4.12. The van der Waals surface area contributed by atoms with Crippen LogP contribution in [0.4, 0.5) is 0 Å². The molecule has 0 saturated carbocycles. The van der Waals surface area contributed by atoms with Crippen molar-refractivity contribution in [2.75, 3.05) is 19.8 Å². The summed E-state index contributed by atoms with van der Waals surface area (Å²) in [5.74, 6) is -1.09. The number of benzene rings is 1. The Labute approximate surface area is 124 Å². The van der Waals surface area contributed by atoms with Crippen LogP contribution in [0.25, 0.3) is 0 Å². The predicted octanol–water partition coefficient (Wildman–Crippen LogP) is 1.91. The second-order valence-electron chi connectivity index (χ2n) is 5.70. The summed E-state index contributed by atoms with van der Waals surface area (Å²) in [6.07, 6.45) is 0.852. The lowest BCUT2D eigenvalue weighted by Gasteiger charge is -2.33. The zero-order valence-corrected chi connectivity index (χ0v) is 12.4. The first-order valence-corrected chi connectivity index (χ1v) is 7.11. The van der Waals surface area contributed by atoms with Gasteiger partial charge in [-0.3, -0.25) is 9.59 Å². The molecular weight excluding hydrogens is 270 g/mol. The van der Waals surface area contributed by atoms with E-state index in [1.807, 2.05) is 26.0 Å². The summed E-state index contributed by atoms with van der Waals surface area (Å²) in [5.41, 5.74) is 1.67. The maximum Gasteiger partial charge on any atom is 0.311 e. The summed E-state index contributed by atoms with van der Waals surface area (Å²) in [4.78, 5) is 23.8. The van der Waals surface area contributed by atoms with Crippen LogP contribution in [0.15, 0.2) is 18.2 Å². The molecule has 0 aliphatic carbocycles. The maximum absolute atomic E-state index is 12.2. The van der Waals surface area contributed by atoms with Crippen molar-refractivity contribution in [3.8, 4) is 0 Å². The van der Waals surface area contributed by atoms with Crippen molar-refractivity contribution >= 4 is 11.9 Å². The minimum absolute atomic E-state index is 0.137. The Kier molecular flexibility index (Phi) is 4.63. The van der Waals surface area contributed by atoms with Crippen LogP contribution in [0.2, 0.25) is 0 Å². The van der Waals surface area contributed by atoms with Gasteiger partial charge in [0.15, 0.2) is 0 Å². The fraction of sp³-hybridized carbons (Fsp3) is 0.500. The molecule has 1 aromatic rings. The smallest absolute Gasteiger partial charge is 0.311 e. The Morgan fingerprint density at radius 1 is 1.29 bits per heavy atom. The van der Waals surface area contributed by atoms with Crippen LogP contribution in [0.1, 0.15) is 34.3 Å². The van der Waals surface area contributed by atoms with Crippen LogP contribution in [-0.4, -0.2) is 36.7 Å². The SMILES string of the molecule is Cc1ccc(C(=O)NCC2(C(=O)O)CCOCC2)c(C)c1. The number of carbonyl (C=O) groups is 2. The molecule has 1 aromatic carbocycles. The van der Waals surface area contributed by atoms with Crippen LogP contribution < -0.4 is 5.32 Å². The van der Waals surface area contributed by atoms with Crippen molar-refractivity contribution in [2.45, 2.75) is 26.7 Å². The Morgan fingerprint density at radius 2 is 1.95 bits per heavy atom. The summed E-state index contributed by atoms with van der Waals surface area (Å²) in [5, 5.41) is 12.2. The molecule has 0 unspecified atom stereocenters. The molecule has 5 heteroatoms. The highest BCUT2D eigenvalue weighted by molar-refractivity contribution is 5.96. The monoisotopic (exact) mass is 291 g/mol. The normalized spacial score (nSPS) is 17.2. The predicted molar refractivity (Wildman–Crippen MR) is 78.4 cm³/mol. The lowest BCUT2D eigenvalue weighted by molar-refractivity contribution is -0.154. The zero-order chi connectivity index (χ0) is 15.5. The van der Waals surface area contributed by atoms with E-state index < -0.39 is 11.4 Å². The topological polar surface area (TPSA) is 75.6 Å². The molecule has 114 valence electrons. The van der Waals surface area contributed by atoms with E-state index in [1.54, 1.807) is 6.07 Å². The number of ether oxygens (including phenoxy) is 1. The second-order valence-corrected chi connectivity index (χ2v) is 5.70. The molecule has 0 aromatic heterocycles. The first-order valence-electron chi connectivity index (χ1n) is 7.11. The highest BCUT2D eigenvalue weighted by atomic mass is 16.5. The first-order chi connectivity index (χ1) is 9.94. The van der Waals surface area contributed by atoms with Gasteiger partial charge in [-0.25, -0.2) is 0 Å². The van der Waals surface area contributed by atoms with Gasteiger partial charge in [-0.05, 0) is 38.3 Å². The third-order valence-corrected chi connectivity index (χ3v) is 4.12. The number of nitrogens with one attached hydrogen (secondary N) is 1. The van der Waals surface area contributed by atoms with Gasteiger partial charge in [0.25, 0.3) is 5.91 Å². The first kappa shape index (κ1) is 15.5. The van der Waals surface area contributed by atoms with Crippen molar-refractivity contribution in [1.82, 2.24) is 5.32 Å². The maximum atomic E-state index is 12.2. The van der Waals surface area contributed by atoms with Crippen LogP contribution in [0.5, 0.6) is 0 Å². The molecule has 21 heavy (non-hydrogen) atoms. The lowest BCUT2D eigenvalue weighted by Crippen LogP contribution is -2.46. The zero-order valence-electron chi connectivity index (χ0n) is 12.4. The molecule has 2 N–H and O–H groups in total. The minimum Gasteiger partial charge on any atom is -0.481 e. The van der Waals surface area contributed by atoms with Gasteiger partial charge in [0, 0.05) is 25.3 Å². The van der Waals surface area contributed by atoms with Gasteiger partial charge in [0.05, 0.1) is 5.41 Å². The van der Waals surface area contributed by atoms with E-state index in [1.165, 1.54) is 0 Å². The number of rotatable bonds is 4. The molecule has 2 rings (SSSR count). The molecule has 0 atom stereocenters. The molecule has 1 aliphatic rings. The van der Waals surface area contributed by atoms with Gasteiger partial charge < -0.3 is 15.2 Å². The highest BCUT2D eigenvalue weighted by Crippen LogP contribution is 2.30. The lowest BCUT2D eigenvalue weighted by atomic mass is 9.80. The fourth-order valence-corrected chi connectivity index (χ4v) is 2.64. The molecule has 0 radical (unpaired) electrons. The standard InChI is InChI=1S/C16H21NO4/c1-11-3-4-13(12(2)9-11)14(18)17-10-16(15(19)20)5-7-21-8-6-16/h3-4,9H,5-8,10H2,1-2H3,(H,17,18)(H,19,20). The summed E-state index contributed by atoms with van der Waals surface area (Å²) in [7, 11) is 0. The van der Waals surface area contributed by atoms with Gasteiger partial charge in [-0.1, -0.05) is 17.7 Å². The number of carbonyl (C=O) groups excluding carboxylic acids is 1. The number of hydrogen-bond acceptors (Lipinski definition) is 3. The van der Waals surface area contributed by atoms with E-state index in [0.29, 0.717) is 31.6 Å². The van der Waals surface area contributed by atoms with Crippen LogP contribution in [0.3, 0.4) is 0 Å². The number of aryl methyl sites for hydroxylation is 2. The average molecular weight is 291 g/mol. The van der Waals surface area contributed by atoms with Gasteiger partial charge in [-0.15, -0.1) is 0 Å². The Morgan fingerprint density at radius 3 is 2.52 bits per heavy atom. The Bertz CT molecular complexity index is 547. The van der Waals surface area contributed by atoms with Crippen LogP contribution in [0, 0.1) is 19.3 Å². The quantitative estimate of drug-likeness (QED) is 0.888. The summed E-state index contributed by atoms with van der Waals surface area (Å²) >= 11 is 0. The number of hydrogen-bond donors (Lipinski definition) is 2. The van der Waals surface area contributed by atoms with E-state index in [0.717, 1.165) is 11.1 Å². The second kappa shape index (κ2) is 6.26. The van der Waals surface area contributed by atoms with Crippen molar-refractivity contribution in [3.05, 3.63) is 34.9 Å². The Hall–Kier alpha value is -1.88. The largest absolute Gasteiger partial charge is 0.481 e. The summed E-state index contributed by atoms with van der Waals surface area (Å²) < 4.78 is 5.22. The Balaban J connectivity index is 2.07. The van der Waals surface area contributed by atoms with Crippen LogP contribution >= 0.6 is 0 Å². The number of aliphatic carboxylic acids is 1. The van der Waals surface area contributed by atoms with Crippen LogP contribution in [-0.2, 0) is 9.53 Å². The van der Waals surface area contributed by atoms with Gasteiger partial charge in [0.1, 0.15) is 0 Å². The van der Waals surface area contributed by atoms with E-state index >= 15 is 0 Å². The van der Waals surface area contributed by atoms with Crippen molar-refractivity contribution in [2.24, 2.45) is 5.41 Å². The molecule has 1 saturated heterocycles. The molecule has 1 aliphatic heterocycles. The van der Waals surface area contributed by atoms with E-state index in [2.05, 4.69) is 5.32 Å². The van der Waals surface area contributed by atoms with Crippen molar-refractivity contribution in [1.29, 1.82) is 0 Å². The minimum atomic E-state index is -0.910. The molecule has 1 fully saturated rings. The van der Waals surface area contributed by atoms with E-state index in [9.17, 15) is 14.7 Å². The van der Waals surface area contributed by atoms with Crippen molar-refractivity contribution < 1.29 is 19.4 Å². The molecule has 0 spiro atoms. The number of carboxylic acids is 1. The van der Waals surface area contributed by atoms with Gasteiger partial charge in [0.2, 0.25) is 0 Å². The molecule has 5 nitrogen and oxygen atoms in total.